The van der Waals surface area contributed by atoms with Crippen LogP contribution in [0.4, 0.5) is 11.5 Å². The molecule has 0 aliphatic rings. The Morgan fingerprint density at radius 3 is 2.80 bits per heavy atom. The topological polar surface area (TPSA) is 94.4 Å². The van der Waals surface area contributed by atoms with Crippen LogP contribution in [0.2, 0.25) is 0 Å². The van der Waals surface area contributed by atoms with Crippen molar-refractivity contribution in [2.45, 2.75) is 13.0 Å². The van der Waals surface area contributed by atoms with Gasteiger partial charge in [-0.2, -0.15) is 0 Å². The van der Waals surface area contributed by atoms with Crippen LogP contribution >= 0.6 is 0 Å². The van der Waals surface area contributed by atoms with E-state index in [1.54, 1.807) is 25.1 Å². The highest BCUT2D eigenvalue weighted by Gasteiger charge is 2.13. The Kier molecular flexibility index (Phi) is 3.79. The second-order valence-corrected chi connectivity index (χ2v) is 4.22. The van der Waals surface area contributed by atoms with Crippen LogP contribution in [-0.2, 0) is 9.53 Å². The molecule has 104 valence electrons. The lowest BCUT2D eigenvalue weighted by Crippen LogP contribution is -2.27. The number of nitrogens with one attached hydrogen (secondary N) is 1. The zero-order valence-electron chi connectivity index (χ0n) is 11.0. The van der Waals surface area contributed by atoms with Gasteiger partial charge in [-0.25, -0.2) is 9.78 Å². The molecule has 20 heavy (non-hydrogen) atoms. The first-order chi connectivity index (χ1) is 9.51. The average molecular weight is 275 g/mol. The maximum atomic E-state index is 11.3. The van der Waals surface area contributed by atoms with Gasteiger partial charge < -0.3 is 10.1 Å². The second kappa shape index (κ2) is 5.52. The molecule has 0 aliphatic carbocycles. The van der Waals surface area contributed by atoms with Crippen molar-refractivity contribution in [2.75, 3.05) is 12.4 Å². The number of nitro benzene ring substituents is 1. The van der Waals surface area contributed by atoms with Crippen LogP contribution in [0.1, 0.15) is 6.92 Å². The first-order valence-corrected chi connectivity index (χ1v) is 5.91. The molecular formula is C13H13N3O4. The summed E-state index contributed by atoms with van der Waals surface area (Å²) in [5.74, 6) is 0.111. The lowest BCUT2D eigenvalue weighted by molar-refractivity contribution is -0.384. The fourth-order valence-corrected chi connectivity index (χ4v) is 1.76. The van der Waals surface area contributed by atoms with Crippen LogP contribution in [0.5, 0.6) is 0 Å². The zero-order valence-corrected chi connectivity index (χ0v) is 11.0. The maximum Gasteiger partial charge on any atom is 0.328 e. The molecule has 0 fully saturated rings. The molecule has 1 N–H and O–H groups in total. The number of non-ortho nitro benzene ring substituents is 1. The van der Waals surface area contributed by atoms with Gasteiger partial charge in [0.15, 0.2) is 0 Å². The van der Waals surface area contributed by atoms with Crippen LogP contribution in [0, 0.1) is 10.1 Å². The molecule has 7 heteroatoms. The molecule has 0 bridgehead atoms. The number of hydrogen-bond donors (Lipinski definition) is 1. The summed E-state index contributed by atoms with van der Waals surface area (Å²) in [4.78, 5) is 25.8. The largest absolute Gasteiger partial charge is 0.467 e. The first kappa shape index (κ1) is 13.7. The van der Waals surface area contributed by atoms with E-state index in [1.807, 2.05) is 0 Å². The molecule has 1 aromatic carbocycles. The summed E-state index contributed by atoms with van der Waals surface area (Å²) in [6, 6.07) is 7.26. The van der Waals surface area contributed by atoms with E-state index < -0.39 is 16.9 Å². The van der Waals surface area contributed by atoms with Crippen molar-refractivity contribution in [1.29, 1.82) is 0 Å². The highest BCUT2D eigenvalue weighted by Crippen LogP contribution is 2.21. The van der Waals surface area contributed by atoms with E-state index in [9.17, 15) is 14.9 Å². The predicted molar refractivity (Wildman–Crippen MR) is 73.5 cm³/mol. The van der Waals surface area contributed by atoms with E-state index in [-0.39, 0.29) is 5.69 Å². The van der Waals surface area contributed by atoms with Gasteiger partial charge in [0.25, 0.3) is 5.69 Å². The van der Waals surface area contributed by atoms with E-state index in [1.165, 1.54) is 19.2 Å². The molecule has 1 heterocycles. The van der Waals surface area contributed by atoms with Gasteiger partial charge in [0.2, 0.25) is 0 Å². The summed E-state index contributed by atoms with van der Waals surface area (Å²) in [6.45, 7) is 1.66. The Hall–Kier alpha value is -2.70. The number of rotatable bonds is 4. The third-order valence-corrected chi connectivity index (χ3v) is 2.80. The van der Waals surface area contributed by atoms with Crippen LogP contribution < -0.4 is 5.32 Å². The van der Waals surface area contributed by atoms with Crippen LogP contribution in [-0.4, -0.2) is 29.0 Å². The molecule has 1 unspecified atom stereocenters. The SMILES string of the molecule is COC(=O)C(C)Nc1ccc2cc([N+](=O)[O-])ccc2n1. The molecule has 0 amide bonds. The van der Waals surface area contributed by atoms with Crippen LogP contribution in [0.15, 0.2) is 30.3 Å². The van der Waals surface area contributed by atoms with Crippen LogP contribution in [0.25, 0.3) is 10.9 Å². The number of hydrogen-bond acceptors (Lipinski definition) is 6. The number of carbonyl (C=O) groups is 1. The van der Waals surface area contributed by atoms with E-state index in [4.69, 9.17) is 0 Å². The van der Waals surface area contributed by atoms with Crippen LogP contribution in [0.3, 0.4) is 0 Å². The number of nitrogens with zero attached hydrogens (tertiary/aromatic N) is 2. The first-order valence-electron chi connectivity index (χ1n) is 5.91. The lowest BCUT2D eigenvalue weighted by atomic mass is 10.2. The van der Waals surface area contributed by atoms with Crippen molar-refractivity contribution in [3.63, 3.8) is 0 Å². The molecule has 7 nitrogen and oxygen atoms in total. The highest BCUT2D eigenvalue weighted by molar-refractivity contribution is 5.83. The fourth-order valence-electron chi connectivity index (χ4n) is 1.76. The number of nitro groups is 1. The molecule has 0 spiro atoms. The van der Waals surface area contributed by atoms with Crippen molar-refractivity contribution in [1.82, 2.24) is 4.98 Å². The van der Waals surface area contributed by atoms with Gasteiger partial charge in [-0.05, 0) is 25.1 Å². The Labute approximate surface area is 114 Å². The van der Waals surface area contributed by atoms with Gasteiger partial charge in [-0.1, -0.05) is 0 Å². The van der Waals surface area contributed by atoms with Crippen molar-refractivity contribution >= 4 is 28.4 Å². The summed E-state index contributed by atoms with van der Waals surface area (Å²) in [5.41, 5.74) is 0.626. The van der Waals surface area contributed by atoms with Crippen molar-refractivity contribution in [3.8, 4) is 0 Å². The van der Waals surface area contributed by atoms with Gasteiger partial charge in [0, 0.05) is 17.5 Å². The minimum atomic E-state index is -0.525. The van der Waals surface area contributed by atoms with Gasteiger partial charge in [-0.3, -0.25) is 10.1 Å². The molecule has 0 saturated heterocycles. The summed E-state index contributed by atoms with van der Waals surface area (Å²) in [7, 11) is 1.31. The summed E-state index contributed by atoms with van der Waals surface area (Å²) >= 11 is 0. The van der Waals surface area contributed by atoms with Crippen molar-refractivity contribution < 1.29 is 14.5 Å². The third kappa shape index (κ3) is 2.82. The zero-order chi connectivity index (χ0) is 14.7. The second-order valence-electron chi connectivity index (χ2n) is 4.22. The molecule has 0 saturated carbocycles. The number of ether oxygens (including phenoxy) is 1. The number of benzene rings is 1. The number of methoxy groups -OCH3 is 1. The minimum absolute atomic E-state index is 0.0166. The monoisotopic (exact) mass is 275 g/mol. The Morgan fingerprint density at radius 2 is 2.15 bits per heavy atom. The normalized spacial score (nSPS) is 11.9. The smallest absolute Gasteiger partial charge is 0.328 e. The summed E-state index contributed by atoms with van der Waals surface area (Å²) in [6.07, 6.45) is 0. The lowest BCUT2D eigenvalue weighted by Gasteiger charge is -2.12. The average Bonchev–Trinajstić information content (AvgIpc) is 2.45. The number of pyridine rings is 1. The quantitative estimate of drug-likeness (QED) is 0.521. The number of carbonyl (C=O) groups excluding carboxylic acids is 1. The number of esters is 1. The number of fused-ring (bicyclic) bond motifs is 1. The van der Waals surface area contributed by atoms with E-state index in [0.717, 1.165) is 0 Å². The van der Waals surface area contributed by atoms with Crippen molar-refractivity contribution in [2.24, 2.45) is 0 Å². The number of anilines is 1. The molecule has 0 aliphatic heterocycles. The Balaban J connectivity index is 2.28. The van der Waals surface area contributed by atoms with E-state index >= 15 is 0 Å². The van der Waals surface area contributed by atoms with Gasteiger partial charge >= 0.3 is 5.97 Å². The minimum Gasteiger partial charge on any atom is -0.467 e. The maximum absolute atomic E-state index is 11.3. The molecular weight excluding hydrogens is 262 g/mol. The van der Waals surface area contributed by atoms with E-state index in [0.29, 0.717) is 16.7 Å². The highest BCUT2D eigenvalue weighted by atomic mass is 16.6. The fraction of sp³-hybridized carbons (Fsp3) is 0.231. The van der Waals surface area contributed by atoms with Crippen molar-refractivity contribution in [3.05, 3.63) is 40.4 Å². The third-order valence-electron chi connectivity index (χ3n) is 2.80. The predicted octanol–water partition coefficient (Wildman–Crippen LogP) is 2.12. The summed E-state index contributed by atoms with van der Waals surface area (Å²) in [5, 5.41) is 14.3. The molecule has 0 radical (unpaired) electrons. The van der Waals surface area contributed by atoms with Gasteiger partial charge in [-0.15, -0.1) is 0 Å². The van der Waals surface area contributed by atoms with Gasteiger partial charge in [0.05, 0.1) is 17.5 Å². The van der Waals surface area contributed by atoms with Gasteiger partial charge in [0.1, 0.15) is 11.9 Å². The molecule has 2 rings (SSSR count). The standard InChI is InChI=1S/C13H13N3O4/c1-8(13(17)20-2)14-12-6-3-9-7-10(16(18)19)4-5-11(9)15-12/h3-8H,1-2H3,(H,14,15). The van der Waals surface area contributed by atoms with E-state index in [2.05, 4.69) is 15.0 Å². The molecule has 1 atom stereocenters. The summed E-state index contributed by atoms with van der Waals surface area (Å²) < 4.78 is 4.61. The Bertz CT molecular complexity index is 672. The molecule has 1 aromatic heterocycles. The Morgan fingerprint density at radius 1 is 1.40 bits per heavy atom. The molecule has 2 aromatic rings. The number of aromatic nitrogens is 1.